The van der Waals surface area contributed by atoms with Crippen LogP contribution in [0.25, 0.3) is 11.2 Å². The Bertz CT molecular complexity index is 1320. The highest BCUT2D eigenvalue weighted by atomic mass is 19.4. The van der Waals surface area contributed by atoms with Gasteiger partial charge in [-0.3, -0.25) is 4.57 Å². The number of rotatable bonds is 5. The number of anilines is 3. The van der Waals surface area contributed by atoms with E-state index in [2.05, 4.69) is 25.3 Å². The van der Waals surface area contributed by atoms with Crippen molar-refractivity contribution in [1.29, 1.82) is 0 Å². The maximum Gasteiger partial charge on any atom is 0.573 e. The molecule has 3 aromatic rings. The van der Waals surface area contributed by atoms with Gasteiger partial charge in [0.2, 0.25) is 11.9 Å². The van der Waals surface area contributed by atoms with Crippen LogP contribution in [0.3, 0.4) is 0 Å². The number of benzene rings is 1. The summed E-state index contributed by atoms with van der Waals surface area (Å²) in [5, 5.41) is 6.39. The topological polar surface area (TPSA) is 106 Å². The van der Waals surface area contributed by atoms with Crippen molar-refractivity contribution in [1.82, 2.24) is 24.4 Å². The minimum atomic E-state index is -4.81. The molecule has 0 atom stereocenters. The number of imidazole rings is 1. The zero-order chi connectivity index (χ0) is 28.6. The van der Waals surface area contributed by atoms with E-state index in [0.29, 0.717) is 54.7 Å². The molecule has 0 spiro atoms. The summed E-state index contributed by atoms with van der Waals surface area (Å²) in [7, 11) is 0. The summed E-state index contributed by atoms with van der Waals surface area (Å²) in [5.41, 5.74) is 0.577. The first-order valence-corrected chi connectivity index (χ1v) is 12.7. The normalized spacial score (nSPS) is 15.4. The molecule has 0 radical (unpaired) electrons. The summed E-state index contributed by atoms with van der Waals surface area (Å²) in [6.45, 7) is 12.4. The van der Waals surface area contributed by atoms with Gasteiger partial charge in [-0.25, -0.2) is 14.8 Å². The SMILES string of the molecule is CC(C)(C)Nc1ncc2nc(Nc3cccc(OC(F)(F)F)c3)n(C3CCN(C(=O)OC(C)(C)C)CC3)c2n1. The van der Waals surface area contributed by atoms with Crippen molar-refractivity contribution in [2.75, 3.05) is 23.7 Å². The van der Waals surface area contributed by atoms with Gasteiger partial charge in [0, 0.05) is 36.4 Å². The average Bonchev–Trinajstić information content (AvgIpc) is 3.13. The molecule has 1 aromatic carbocycles. The number of hydrogen-bond acceptors (Lipinski definition) is 8. The first-order valence-electron chi connectivity index (χ1n) is 12.7. The molecule has 1 saturated heterocycles. The van der Waals surface area contributed by atoms with Gasteiger partial charge < -0.3 is 25.0 Å². The minimum Gasteiger partial charge on any atom is -0.444 e. The summed E-state index contributed by atoms with van der Waals surface area (Å²) in [4.78, 5) is 28.0. The highest BCUT2D eigenvalue weighted by Gasteiger charge is 2.32. The molecule has 13 heteroatoms. The number of nitrogens with zero attached hydrogens (tertiary/aromatic N) is 5. The van der Waals surface area contributed by atoms with Crippen molar-refractivity contribution in [3.8, 4) is 5.75 Å². The van der Waals surface area contributed by atoms with Gasteiger partial charge in [0.1, 0.15) is 16.9 Å². The van der Waals surface area contributed by atoms with E-state index in [1.807, 2.05) is 46.1 Å². The van der Waals surface area contributed by atoms with Gasteiger partial charge >= 0.3 is 12.5 Å². The first kappa shape index (κ1) is 28.2. The van der Waals surface area contributed by atoms with Crippen LogP contribution in [0.4, 0.5) is 35.5 Å². The van der Waals surface area contributed by atoms with Gasteiger partial charge in [-0.15, -0.1) is 13.2 Å². The third-order valence-electron chi connectivity index (χ3n) is 5.72. The summed E-state index contributed by atoms with van der Waals surface area (Å²) >= 11 is 0. The lowest BCUT2D eigenvalue weighted by Crippen LogP contribution is -2.42. The maximum absolute atomic E-state index is 12.8. The fraction of sp³-hybridized carbons (Fsp3) is 0.538. The molecule has 0 unspecified atom stereocenters. The second-order valence-electron chi connectivity index (χ2n) is 11.5. The van der Waals surface area contributed by atoms with Crippen LogP contribution < -0.4 is 15.4 Å². The Balaban J connectivity index is 1.66. The van der Waals surface area contributed by atoms with Crippen molar-refractivity contribution in [2.24, 2.45) is 0 Å². The van der Waals surface area contributed by atoms with E-state index in [1.165, 1.54) is 18.2 Å². The minimum absolute atomic E-state index is 0.0943. The number of piperidine rings is 1. The average molecular weight is 550 g/mol. The predicted molar refractivity (Wildman–Crippen MR) is 141 cm³/mol. The van der Waals surface area contributed by atoms with Crippen LogP contribution in [-0.2, 0) is 4.74 Å². The zero-order valence-electron chi connectivity index (χ0n) is 22.9. The molecule has 1 amide bonds. The summed E-state index contributed by atoms with van der Waals surface area (Å²) in [5.74, 6) is 0.471. The molecular formula is C26H34F3N7O3. The lowest BCUT2D eigenvalue weighted by Gasteiger charge is -2.34. The van der Waals surface area contributed by atoms with Crippen LogP contribution in [0.1, 0.15) is 60.4 Å². The number of carbonyl (C=O) groups excluding carboxylic acids is 1. The molecule has 1 aliphatic rings. The standard InChI is InChI=1S/C26H34F3N7O3/c1-24(2,3)34-21-30-15-19-20(33-21)36(17-10-12-35(13-11-17)23(37)39-25(4,5)6)22(32-19)31-16-8-7-9-18(14-16)38-26(27,28)29/h7-9,14-15,17H,10-13H2,1-6H3,(H,31,32)(H,30,33,34). The lowest BCUT2D eigenvalue weighted by molar-refractivity contribution is -0.274. The van der Waals surface area contributed by atoms with Crippen LogP contribution in [0.2, 0.25) is 0 Å². The number of hydrogen-bond donors (Lipinski definition) is 2. The highest BCUT2D eigenvalue weighted by molar-refractivity contribution is 5.77. The quantitative estimate of drug-likeness (QED) is 0.385. The Morgan fingerprint density at radius 1 is 1.05 bits per heavy atom. The molecule has 1 aliphatic heterocycles. The molecular weight excluding hydrogens is 515 g/mol. The van der Waals surface area contributed by atoms with Gasteiger partial charge in [0.15, 0.2) is 5.65 Å². The number of halogens is 3. The Labute approximate surface area is 224 Å². The molecule has 0 bridgehead atoms. The van der Waals surface area contributed by atoms with Gasteiger partial charge in [-0.2, -0.15) is 4.98 Å². The molecule has 1 fully saturated rings. The molecule has 2 N–H and O–H groups in total. The van der Waals surface area contributed by atoms with Gasteiger partial charge in [0.25, 0.3) is 0 Å². The van der Waals surface area contributed by atoms with Crippen molar-refractivity contribution >= 4 is 34.8 Å². The number of carbonyl (C=O) groups is 1. The van der Waals surface area contributed by atoms with Crippen LogP contribution in [0.5, 0.6) is 5.75 Å². The lowest BCUT2D eigenvalue weighted by atomic mass is 10.1. The third kappa shape index (κ3) is 7.64. The Morgan fingerprint density at radius 3 is 2.36 bits per heavy atom. The van der Waals surface area contributed by atoms with E-state index in [9.17, 15) is 18.0 Å². The Hall–Kier alpha value is -3.77. The fourth-order valence-corrected chi connectivity index (χ4v) is 4.25. The molecule has 3 heterocycles. The van der Waals surface area contributed by atoms with Crippen molar-refractivity contribution in [3.63, 3.8) is 0 Å². The van der Waals surface area contributed by atoms with E-state index >= 15 is 0 Å². The number of amides is 1. The number of aromatic nitrogens is 4. The molecule has 10 nitrogen and oxygen atoms in total. The maximum atomic E-state index is 12.8. The van der Waals surface area contributed by atoms with Crippen LogP contribution in [-0.4, -0.2) is 61.1 Å². The largest absolute Gasteiger partial charge is 0.573 e. The number of likely N-dealkylation sites (tertiary alicyclic amines) is 1. The molecule has 39 heavy (non-hydrogen) atoms. The smallest absolute Gasteiger partial charge is 0.444 e. The summed E-state index contributed by atoms with van der Waals surface area (Å²) in [6, 6.07) is 5.46. The molecule has 212 valence electrons. The molecule has 4 rings (SSSR count). The first-order chi connectivity index (χ1) is 18.1. The van der Waals surface area contributed by atoms with E-state index < -0.39 is 12.0 Å². The third-order valence-corrected chi connectivity index (χ3v) is 5.72. The number of alkyl halides is 3. The zero-order valence-corrected chi connectivity index (χ0v) is 22.9. The number of fused-ring (bicyclic) bond motifs is 1. The fourth-order valence-electron chi connectivity index (χ4n) is 4.25. The second-order valence-corrected chi connectivity index (χ2v) is 11.5. The van der Waals surface area contributed by atoms with Crippen LogP contribution >= 0.6 is 0 Å². The van der Waals surface area contributed by atoms with Crippen molar-refractivity contribution in [3.05, 3.63) is 30.5 Å². The summed E-state index contributed by atoms with van der Waals surface area (Å²) < 4.78 is 49.8. The van der Waals surface area contributed by atoms with Gasteiger partial charge in [-0.1, -0.05) is 6.07 Å². The number of nitrogens with one attached hydrogen (secondary N) is 2. The van der Waals surface area contributed by atoms with Crippen LogP contribution in [0.15, 0.2) is 30.5 Å². The van der Waals surface area contributed by atoms with Gasteiger partial charge in [-0.05, 0) is 66.5 Å². The Morgan fingerprint density at radius 2 is 1.74 bits per heavy atom. The van der Waals surface area contributed by atoms with E-state index in [0.717, 1.165) is 0 Å². The molecule has 2 aromatic heterocycles. The predicted octanol–water partition coefficient (Wildman–Crippen LogP) is 6.25. The van der Waals surface area contributed by atoms with Gasteiger partial charge in [0.05, 0.1) is 6.20 Å². The van der Waals surface area contributed by atoms with E-state index in [1.54, 1.807) is 17.2 Å². The van der Waals surface area contributed by atoms with E-state index in [-0.39, 0.29) is 23.4 Å². The molecule has 0 aliphatic carbocycles. The van der Waals surface area contributed by atoms with E-state index in [4.69, 9.17) is 9.72 Å². The highest BCUT2D eigenvalue weighted by Crippen LogP contribution is 2.33. The Kier molecular flexibility index (Phi) is 7.55. The van der Waals surface area contributed by atoms with Crippen molar-refractivity contribution in [2.45, 2.75) is 77.9 Å². The second kappa shape index (κ2) is 10.4. The number of ether oxygens (including phenoxy) is 2. The monoisotopic (exact) mass is 549 g/mol. The molecule has 0 saturated carbocycles. The van der Waals surface area contributed by atoms with Crippen molar-refractivity contribution < 1.29 is 27.4 Å². The van der Waals surface area contributed by atoms with Crippen LogP contribution in [0, 0.1) is 0 Å². The summed E-state index contributed by atoms with van der Waals surface area (Å²) in [6.07, 6.45) is -2.36.